The lowest BCUT2D eigenvalue weighted by atomic mass is 9.48. The highest BCUT2D eigenvalue weighted by Crippen LogP contribution is 2.60. The van der Waals surface area contributed by atoms with Gasteiger partial charge in [-0.3, -0.25) is 4.79 Å². The molecule has 0 aliphatic heterocycles. The van der Waals surface area contributed by atoms with Gasteiger partial charge in [0.1, 0.15) is 5.82 Å². The van der Waals surface area contributed by atoms with E-state index in [2.05, 4.69) is 15.9 Å². The van der Waals surface area contributed by atoms with E-state index in [-0.39, 0.29) is 23.4 Å². The Labute approximate surface area is 149 Å². The minimum Gasteiger partial charge on any atom is -0.454 e. The molecule has 5 rings (SSSR count). The lowest BCUT2D eigenvalue weighted by molar-refractivity contribution is -0.147. The fourth-order valence-electron chi connectivity index (χ4n) is 5.47. The fourth-order valence-corrected chi connectivity index (χ4v) is 5.80. The summed E-state index contributed by atoms with van der Waals surface area (Å²) in [6, 6.07) is 4.18. The van der Waals surface area contributed by atoms with Crippen LogP contribution in [0.15, 0.2) is 22.7 Å². The highest BCUT2D eigenvalue weighted by Gasteiger charge is 2.54. The van der Waals surface area contributed by atoms with Crippen LogP contribution in [-0.2, 0) is 9.53 Å². The zero-order chi connectivity index (χ0) is 16.9. The number of ketones is 1. The maximum absolute atomic E-state index is 13.8. The first-order chi connectivity index (χ1) is 11.4. The molecule has 4 fully saturated rings. The maximum Gasteiger partial charge on any atom is 0.341 e. The molecule has 0 atom stereocenters. The van der Waals surface area contributed by atoms with Crippen molar-refractivity contribution >= 4 is 27.7 Å². The Hall–Kier alpha value is -1.23. The van der Waals surface area contributed by atoms with Crippen molar-refractivity contribution in [3.8, 4) is 0 Å². The van der Waals surface area contributed by atoms with E-state index in [1.54, 1.807) is 6.07 Å². The number of hydrogen-bond donors (Lipinski definition) is 0. The number of hydrogen-bond acceptors (Lipinski definition) is 3. The van der Waals surface area contributed by atoms with Crippen LogP contribution < -0.4 is 0 Å². The third-order valence-corrected chi connectivity index (χ3v) is 6.61. The summed E-state index contributed by atoms with van der Waals surface area (Å²) in [7, 11) is 0. The molecule has 4 bridgehead atoms. The van der Waals surface area contributed by atoms with Crippen LogP contribution in [-0.4, -0.2) is 18.4 Å². The molecule has 0 amide bonds. The number of carbonyl (C=O) groups excluding carboxylic acids is 2. The lowest BCUT2D eigenvalue weighted by Crippen LogP contribution is -2.51. The van der Waals surface area contributed by atoms with Crippen molar-refractivity contribution in [3.63, 3.8) is 0 Å². The van der Waals surface area contributed by atoms with Crippen molar-refractivity contribution in [3.05, 3.63) is 34.1 Å². The summed E-state index contributed by atoms with van der Waals surface area (Å²) in [5.74, 6) is 0.627. The number of halogens is 2. The van der Waals surface area contributed by atoms with Gasteiger partial charge in [0.05, 0.1) is 5.56 Å². The van der Waals surface area contributed by atoms with Gasteiger partial charge in [-0.25, -0.2) is 9.18 Å². The van der Waals surface area contributed by atoms with Crippen LogP contribution >= 0.6 is 15.9 Å². The summed E-state index contributed by atoms with van der Waals surface area (Å²) >= 11 is 3.15. The molecule has 0 unspecified atom stereocenters. The number of esters is 1. The van der Waals surface area contributed by atoms with E-state index in [4.69, 9.17) is 4.74 Å². The van der Waals surface area contributed by atoms with Crippen LogP contribution in [0.4, 0.5) is 4.39 Å². The summed E-state index contributed by atoms with van der Waals surface area (Å²) in [5, 5.41) is 0. The third-order valence-electron chi connectivity index (χ3n) is 6.12. The average Bonchev–Trinajstić information content (AvgIpc) is 2.51. The van der Waals surface area contributed by atoms with Crippen molar-refractivity contribution < 1.29 is 18.7 Å². The van der Waals surface area contributed by atoms with Crippen LogP contribution in [0.3, 0.4) is 0 Å². The van der Waals surface area contributed by atoms with Crippen LogP contribution in [0, 0.1) is 29.0 Å². The van der Waals surface area contributed by atoms with E-state index in [0.29, 0.717) is 22.2 Å². The summed E-state index contributed by atoms with van der Waals surface area (Å²) in [6.45, 7) is -0.236. The first-order valence-corrected chi connectivity index (χ1v) is 9.40. The standard InChI is InChI=1S/C19H20BrFO3/c20-14-1-2-15(16(21)6-14)18(23)24-10-17(22)19-7-11-3-12(8-19)5-13(4-11)9-19/h1-2,6,11-13H,3-5,7-10H2. The van der Waals surface area contributed by atoms with Gasteiger partial charge in [0.15, 0.2) is 12.4 Å². The Morgan fingerprint density at radius 3 is 2.25 bits per heavy atom. The molecule has 0 saturated heterocycles. The predicted molar refractivity (Wildman–Crippen MR) is 90.0 cm³/mol. The van der Waals surface area contributed by atoms with Crippen LogP contribution in [0.1, 0.15) is 48.9 Å². The number of carbonyl (C=O) groups is 2. The van der Waals surface area contributed by atoms with E-state index >= 15 is 0 Å². The normalized spacial score (nSPS) is 33.5. The van der Waals surface area contributed by atoms with E-state index in [0.717, 1.165) is 19.3 Å². The molecule has 4 aliphatic rings. The fraction of sp³-hybridized carbons (Fsp3) is 0.579. The third kappa shape index (κ3) is 2.81. The van der Waals surface area contributed by atoms with Gasteiger partial charge in [-0.05, 0) is 74.5 Å². The van der Waals surface area contributed by atoms with Gasteiger partial charge in [-0.1, -0.05) is 15.9 Å². The molecule has 0 N–H and O–H groups in total. The Bertz CT molecular complexity index is 665. The topological polar surface area (TPSA) is 43.4 Å². The summed E-state index contributed by atoms with van der Waals surface area (Å²) < 4.78 is 19.5. The van der Waals surface area contributed by atoms with Crippen LogP contribution in [0.2, 0.25) is 0 Å². The molecular weight excluding hydrogens is 375 g/mol. The SMILES string of the molecule is O=C(OCC(=O)C12CC3CC(CC(C3)C1)C2)c1ccc(Br)cc1F. The molecule has 0 radical (unpaired) electrons. The zero-order valence-corrected chi connectivity index (χ0v) is 15.0. The Morgan fingerprint density at radius 1 is 1.12 bits per heavy atom. The molecule has 0 aromatic heterocycles. The van der Waals surface area contributed by atoms with Gasteiger partial charge in [0.25, 0.3) is 0 Å². The van der Waals surface area contributed by atoms with Gasteiger partial charge in [-0.15, -0.1) is 0 Å². The quantitative estimate of drug-likeness (QED) is 0.704. The maximum atomic E-state index is 13.8. The molecule has 5 heteroatoms. The predicted octanol–water partition coefficient (Wildman–Crippen LogP) is 4.53. The van der Waals surface area contributed by atoms with Crippen molar-refractivity contribution in [2.75, 3.05) is 6.61 Å². The lowest BCUT2D eigenvalue weighted by Gasteiger charge is -2.55. The highest BCUT2D eigenvalue weighted by molar-refractivity contribution is 9.10. The molecule has 3 nitrogen and oxygen atoms in total. The molecule has 128 valence electrons. The minimum absolute atomic E-state index is 0.0347. The van der Waals surface area contributed by atoms with Gasteiger partial charge in [0.2, 0.25) is 0 Å². The molecule has 24 heavy (non-hydrogen) atoms. The van der Waals surface area contributed by atoms with Crippen molar-refractivity contribution in [2.45, 2.75) is 38.5 Å². The molecule has 4 saturated carbocycles. The number of rotatable bonds is 4. The van der Waals surface area contributed by atoms with E-state index in [1.165, 1.54) is 31.4 Å². The highest BCUT2D eigenvalue weighted by atomic mass is 79.9. The van der Waals surface area contributed by atoms with E-state index < -0.39 is 11.8 Å². The molecule has 1 aromatic rings. The largest absolute Gasteiger partial charge is 0.454 e. The average molecular weight is 395 g/mol. The summed E-state index contributed by atoms with van der Waals surface area (Å²) in [4.78, 5) is 24.9. The smallest absolute Gasteiger partial charge is 0.341 e. The molecule has 0 heterocycles. The van der Waals surface area contributed by atoms with Gasteiger partial charge in [-0.2, -0.15) is 0 Å². The summed E-state index contributed by atoms with van der Waals surface area (Å²) in [5.41, 5.74) is -0.413. The van der Waals surface area contributed by atoms with Crippen LogP contribution in [0.5, 0.6) is 0 Å². The van der Waals surface area contributed by atoms with E-state index in [1.807, 2.05) is 0 Å². The summed E-state index contributed by atoms with van der Waals surface area (Å²) in [6.07, 6.45) is 6.62. The number of Topliss-reactive ketones (excluding diaryl/α,β-unsaturated/α-hetero) is 1. The Balaban J connectivity index is 1.42. The minimum atomic E-state index is -0.766. The van der Waals surface area contributed by atoms with Gasteiger partial charge >= 0.3 is 5.97 Å². The van der Waals surface area contributed by atoms with Crippen LogP contribution in [0.25, 0.3) is 0 Å². The molecule has 4 aliphatic carbocycles. The van der Waals surface area contributed by atoms with Gasteiger partial charge in [0, 0.05) is 9.89 Å². The number of benzene rings is 1. The molecule has 1 aromatic carbocycles. The second-order valence-electron chi connectivity index (χ2n) is 7.82. The second-order valence-corrected chi connectivity index (χ2v) is 8.74. The van der Waals surface area contributed by atoms with Crippen molar-refractivity contribution in [1.29, 1.82) is 0 Å². The number of ether oxygens (including phenoxy) is 1. The Kier molecular flexibility index (Phi) is 4.02. The molecule has 0 spiro atoms. The molecular formula is C19H20BrFO3. The first-order valence-electron chi connectivity index (χ1n) is 8.61. The van der Waals surface area contributed by atoms with Crippen molar-refractivity contribution in [1.82, 2.24) is 0 Å². The van der Waals surface area contributed by atoms with E-state index in [9.17, 15) is 14.0 Å². The monoisotopic (exact) mass is 394 g/mol. The van der Waals surface area contributed by atoms with Crippen molar-refractivity contribution in [2.24, 2.45) is 23.2 Å². The Morgan fingerprint density at radius 2 is 1.71 bits per heavy atom. The zero-order valence-electron chi connectivity index (χ0n) is 13.4. The second kappa shape index (κ2) is 5.94. The van der Waals surface area contributed by atoms with Gasteiger partial charge < -0.3 is 4.74 Å². The first kappa shape index (κ1) is 16.2.